The molecule has 130 valence electrons. The van der Waals surface area contributed by atoms with Gasteiger partial charge < -0.3 is 14.6 Å². The fourth-order valence-electron chi connectivity index (χ4n) is 3.39. The number of nitrogens with zero attached hydrogens (tertiary/aromatic N) is 4. The first-order valence-corrected chi connectivity index (χ1v) is 8.69. The quantitative estimate of drug-likeness (QED) is 0.778. The van der Waals surface area contributed by atoms with Gasteiger partial charge in [-0.3, -0.25) is 0 Å². The van der Waals surface area contributed by atoms with Crippen molar-refractivity contribution >= 4 is 0 Å². The molecule has 0 bridgehead atoms. The van der Waals surface area contributed by atoms with Gasteiger partial charge in [0.1, 0.15) is 11.6 Å². The van der Waals surface area contributed by atoms with Gasteiger partial charge in [0.15, 0.2) is 0 Å². The van der Waals surface area contributed by atoms with Gasteiger partial charge in [-0.25, -0.2) is 9.67 Å². The highest BCUT2D eigenvalue weighted by Gasteiger charge is 2.21. The molecule has 6 nitrogen and oxygen atoms in total. The number of ether oxygens (including phenoxy) is 1. The van der Waals surface area contributed by atoms with Gasteiger partial charge in [-0.2, -0.15) is 5.10 Å². The molecule has 1 aliphatic heterocycles. The number of nitrogens with one attached hydrogen (secondary N) is 1. The average Bonchev–Trinajstić information content (AvgIpc) is 3.18. The van der Waals surface area contributed by atoms with E-state index < -0.39 is 0 Å². The summed E-state index contributed by atoms with van der Waals surface area (Å²) >= 11 is 0. The molecule has 1 aliphatic rings. The fraction of sp³-hybridized carbons (Fsp3) is 0.368. The Morgan fingerprint density at radius 2 is 2.12 bits per heavy atom. The molecular weight excluding hydrogens is 314 g/mol. The van der Waals surface area contributed by atoms with Crippen molar-refractivity contribution in [1.29, 1.82) is 0 Å². The van der Waals surface area contributed by atoms with Gasteiger partial charge in [-0.05, 0) is 25.5 Å². The summed E-state index contributed by atoms with van der Waals surface area (Å²) in [7, 11) is 1.92. The van der Waals surface area contributed by atoms with E-state index >= 15 is 0 Å². The Labute approximate surface area is 147 Å². The molecule has 1 atom stereocenters. The third-order valence-corrected chi connectivity index (χ3v) is 4.75. The molecule has 3 aromatic rings. The topological polar surface area (TPSA) is 56.9 Å². The van der Waals surface area contributed by atoms with Crippen molar-refractivity contribution in [3.63, 3.8) is 0 Å². The number of aromatic nitrogens is 4. The first-order chi connectivity index (χ1) is 12.2. The number of fused-ring (bicyclic) bond motifs is 1. The highest BCUT2D eigenvalue weighted by molar-refractivity contribution is 5.35. The van der Waals surface area contributed by atoms with Crippen molar-refractivity contribution in [3.8, 4) is 11.6 Å². The van der Waals surface area contributed by atoms with E-state index in [4.69, 9.17) is 4.74 Å². The second kappa shape index (κ2) is 6.72. The zero-order valence-corrected chi connectivity index (χ0v) is 14.6. The van der Waals surface area contributed by atoms with Gasteiger partial charge in [0.25, 0.3) is 0 Å². The van der Waals surface area contributed by atoms with E-state index in [-0.39, 0.29) is 0 Å². The van der Waals surface area contributed by atoms with Crippen LogP contribution in [0.25, 0.3) is 0 Å². The molecule has 6 heteroatoms. The van der Waals surface area contributed by atoms with Crippen molar-refractivity contribution < 1.29 is 4.74 Å². The highest BCUT2D eigenvalue weighted by atomic mass is 16.5. The molecule has 25 heavy (non-hydrogen) atoms. The molecule has 0 unspecified atom stereocenters. The fourth-order valence-corrected chi connectivity index (χ4v) is 3.39. The molecular formula is C19H23N5O. The van der Waals surface area contributed by atoms with Crippen LogP contribution in [0.15, 0.2) is 42.7 Å². The predicted molar refractivity (Wildman–Crippen MR) is 95.6 cm³/mol. The van der Waals surface area contributed by atoms with E-state index in [9.17, 15) is 0 Å². The Bertz CT molecular complexity index is 852. The second-order valence-electron chi connectivity index (χ2n) is 6.52. The highest BCUT2D eigenvalue weighted by Crippen LogP contribution is 2.27. The third kappa shape index (κ3) is 3.30. The van der Waals surface area contributed by atoms with Crippen molar-refractivity contribution in [2.24, 2.45) is 7.05 Å². The normalized spacial score (nSPS) is 16.6. The van der Waals surface area contributed by atoms with Crippen LogP contribution < -0.4 is 10.1 Å². The molecule has 0 saturated heterocycles. The van der Waals surface area contributed by atoms with E-state index in [1.54, 1.807) is 0 Å². The Morgan fingerprint density at radius 3 is 2.96 bits per heavy atom. The average molecular weight is 337 g/mol. The zero-order chi connectivity index (χ0) is 17.2. The summed E-state index contributed by atoms with van der Waals surface area (Å²) in [5.41, 5.74) is 2.11. The van der Waals surface area contributed by atoms with Crippen molar-refractivity contribution in [3.05, 3.63) is 59.8 Å². The lowest BCUT2D eigenvalue weighted by Crippen LogP contribution is -2.37. The number of rotatable bonds is 5. The lowest BCUT2D eigenvalue weighted by Gasteiger charge is -2.25. The maximum atomic E-state index is 6.09. The van der Waals surface area contributed by atoms with E-state index in [2.05, 4.69) is 26.2 Å². The molecule has 0 amide bonds. The van der Waals surface area contributed by atoms with Crippen LogP contribution in [0.2, 0.25) is 0 Å². The lowest BCUT2D eigenvalue weighted by molar-refractivity contribution is 0.373. The molecule has 1 aromatic carbocycles. The van der Waals surface area contributed by atoms with Crippen molar-refractivity contribution in [1.82, 2.24) is 24.6 Å². The second-order valence-corrected chi connectivity index (χ2v) is 6.52. The van der Waals surface area contributed by atoms with E-state index in [1.165, 1.54) is 5.82 Å². The number of benzene rings is 1. The summed E-state index contributed by atoms with van der Waals surface area (Å²) in [6, 6.07) is 10.3. The Balaban J connectivity index is 1.47. The summed E-state index contributed by atoms with van der Waals surface area (Å²) in [5.74, 6) is 2.81. The van der Waals surface area contributed by atoms with Gasteiger partial charge in [-0.1, -0.05) is 18.2 Å². The minimum atomic E-state index is 0.436. The van der Waals surface area contributed by atoms with Crippen LogP contribution in [0.5, 0.6) is 11.6 Å². The maximum Gasteiger partial charge on any atom is 0.222 e. The smallest absolute Gasteiger partial charge is 0.222 e. The molecule has 0 spiro atoms. The number of hydrogen-bond donors (Lipinski definition) is 1. The summed E-state index contributed by atoms with van der Waals surface area (Å²) in [5, 5.41) is 8.20. The maximum absolute atomic E-state index is 6.09. The number of imidazole rings is 1. The van der Waals surface area contributed by atoms with Crippen LogP contribution in [0.1, 0.15) is 23.5 Å². The third-order valence-electron chi connectivity index (χ3n) is 4.75. The van der Waals surface area contributed by atoms with Gasteiger partial charge in [0, 0.05) is 45.0 Å². The molecule has 3 heterocycles. The molecule has 2 aromatic heterocycles. The van der Waals surface area contributed by atoms with Gasteiger partial charge in [0.2, 0.25) is 5.88 Å². The molecule has 0 saturated carbocycles. The Kier molecular flexibility index (Phi) is 4.28. The monoisotopic (exact) mass is 337 g/mol. The largest absolute Gasteiger partial charge is 0.439 e. The van der Waals surface area contributed by atoms with Gasteiger partial charge in [0.05, 0.1) is 11.3 Å². The van der Waals surface area contributed by atoms with Crippen LogP contribution in [-0.4, -0.2) is 25.4 Å². The lowest BCUT2D eigenvalue weighted by atomic mass is 10.1. The first kappa shape index (κ1) is 15.9. The van der Waals surface area contributed by atoms with Crippen LogP contribution in [0.3, 0.4) is 0 Å². The minimum absolute atomic E-state index is 0.436. The summed E-state index contributed by atoms with van der Waals surface area (Å²) in [4.78, 5) is 4.39. The van der Waals surface area contributed by atoms with Crippen LogP contribution >= 0.6 is 0 Å². The van der Waals surface area contributed by atoms with Crippen molar-refractivity contribution in [2.75, 3.05) is 0 Å². The molecule has 1 N–H and O–H groups in total. The SMILES string of the molecule is Cc1nn(C)c(Oc2ccccc2)c1CN[C@H]1CCc2nccn2C1. The minimum Gasteiger partial charge on any atom is -0.439 e. The molecule has 0 radical (unpaired) electrons. The summed E-state index contributed by atoms with van der Waals surface area (Å²) in [6.07, 6.45) is 6.06. The number of aryl methyl sites for hydroxylation is 3. The Morgan fingerprint density at radius 1 is 1.28 bits per heavy atom. The van der Waals surface area contributed by atoms with E-state index in [0.717, 1.165) is 48.8 Å². The molecule has 0 fully saturated rings. The van der Waals surface area contributed by atoms with Crippen LogP contribution in [-0.2, 0) is 26.6 Å². The van der Waals surface area contributed by atoms with Gasteiger partial charge in [-0.15, -0.1) is 0 Å². The van der Waals surface area contributed by atoms with E-state index in [1.807, 2.05) is 55.2 Å². The van der Waals surface area contributed by atoms with Crippen LogP contribution in [0, 0.1) is 6.92 Å². The van der Waals surface area contributed by atoms with Crippen molar-refractivity contribution in [2.45, 2.75) is 38.9 Å². The molecule has 0 aliphatic carbocycles. The van der Waals surface area contributed by atoms with Crippen LogP contribution in [0.4, 0.5) is 0 Å². The summed E-state index contributed by atoms with van der Waals surface area (Å²) < 4.78 is 10.1. The summed E-state index contributed by atoms with van der Waals surface area (Å²) in [6.45, 7) is 3.74. The Hall–Kier alpha value is -2.60. The number of para-hydroxylation sites is 1. The zero-order valence-electron chi connectivity index (χ0n) is 14.6. The van der Waals surface area contributed by atoms with Gasteiger partial charge >= 0.3 is 0 Å². The van der Waals surface area contributed by atoms with E-state index in [0.29, 0.717) is 6.04 Å². The predicted octanol–water partition coefficient (Wildman–Crippen LogP) is 2.82. The molecule has 4 rings (SSSR count). The number of hydrogen-bond acceptors (Lipinski definition) is 4. The standard InChI is InChI=1S/C19H23N5O/c1-14-17(12-21-15-8-9-18-20-10-11-24(18)13-15)19(23(2)22-14)25-16-6-4-3-5-7-16/h3-7,10-11,15,21H,8-9,12-13H2,1-2H3/t15-/m0/s1. The first-order valence-electron chi connectivity index (χ1n) is 8.69.